The molecule has 0 N–H and O–H groups in total. The summed E-state index contributed by atoms with van der Waals surface area (Å²) in [6.45, 7) is 6.73. The second-order valence-corrected chi connectivity index (χ2v) is 6.80. The maximum absolute atomic E-state index is 13.3. The lowest BCUT2D eigenvalue weighted by atomic mass is 10.0. The largest absolute Gasteiger partial charge is 0.336 e. The van der Waals surface area contributed by atoms with Crippen molar-refractivity contribution in [1.82, 2.24) is 9.80 Å². The van der Waals surface area contributed by atoms with Gasteiger partial charge in [-0.1, -0.05) is 18.2 Å². The molecule has 2 aromatic carbocycles. The molecule has 0 radical (unpaired) electrons. The quantitative estimate of drug-likeness (QED) is 0.793. The molecule has 3 rings (SSSR count). The van der Waals surface area contributed by atoms with Gasteiger partial charge in [0.2, 0.25) is 0 Å². The van der Waals surface area contributed by atoms with Gasteiger partial charge in [-0.05, 0) is 49.2 Å². The average molecular weight is 354 g/mol. The van der Waals surface area contributed by atoms with Crippen LogP contribution in [0.1, 0.15) is 31.8 Å². The number of hydrogen-bond donors (Lipinski definition) is 0. The van der Waals surface area contributed by atoms with Crippen molar-refractivity contribution in [2.24, 2.45) is 0 Å². The van der Waals surface area contributed by atoms with Crippen molar-refractivity contribution >= 4 is 11.7 Å². The Morgan fingerprint density at radius 2 is 1.65 bits per heavy atom. The maximum atomic E-state index is 13.3. The number of rotatable bonds is 4. The minimum absolute atomic E-state index is 0.0954. The van der Waals surface area contributed by atoms with E-state index < -0.39 is 5.82 Å². The highest BCUT2D eigenvalue weighted by Gasteiger charge is 2.23. The summed E-state index contributed by atoms with van der Waals surface area (Å²) in [4.78, 5) is 28.7. The van der Waals surface area contributed by atoms with E-state index in [1.807, 2.05) is 32.0 Å². The number of carbonyl (C=O) groups is 2. The first-order valence-corrected chi connectivity index (χ1v) is 8.81. The Balaban J connectivity index is 1.55. The van der Waals surface area contributed by atoms with E-state index in [0.717, 1.165) is 11.1 Å². The standard InChI is InChI=1S/C21H23FN2O2/c1-15-6-7-17(12-16(15)2)20(25)14-23-8-10-24(11-9-23)21(26)18-4-3-5-19(22)13-18/h3-7,12-13H,8-11,14H2,1-2H3. The number of piperazine rings is 1. The Labute approximate surface area is 153 Å². The highest BCUT2D eigenvalue weighted by Crippen LogP contribution is 2.13. The Hall–Kier alpha value is -2.53. The van der Waals surface area contributed by atoms with Crippen LogP contribution in [-0.4, -0.2) is 54.2 Å². The molecule has 0 aliphatic carbocycles. The Morgan fingerprint density at radius 1 is 0.923 bits per heavy atom. The van der Waals surface area contributed by atoms with Crippen LogP contribution >= 0.6 is 0 Å². The van der Waals surface area contributed by atoms with Gasteiger partial charge in [-0.2, -0.15) is 0 Å². The molecule has 26 heavy (non-hydrogen) atoms. The van der Waals surface area contributed by atoms with Gasteiger partial charge in [-0.15, -0.1) is 0 Å². The second-order valence-electron chi connectivity index (χ2n) is 6.80. The molecule has 5 heteroatoms. The van der Waals surface area contributed by atoms with Crippen molar-refractivity contribution in [2.45, 2.75) is 13.8 Å². The van der Waals surface area contributed by atoms with E-state index in [2.05, 4.69) is 4.90 Å². The molecule has 136 valence electrons. The Kier molecular flexibility index (Phi) is 5.47. The number of benzene rings is 2. The van der Waals surface area contributed by atoms with E-state index in [0.29, 0.717) is 38.3 Å². The van der Waals surface area contributed by atoms with Crippen LogP contribution in [0.25, 0.3) is 0 Å². The number of amides is 1. The molecule has 1 heterocycles. The fourth-order valence-corrected chi connectivity index (χ4v) is 3.12. The van der Waals surface area contributed by atoms with Crippen LogP contribution in [-0.2, 0) is 0 Å². The van der Waals surface area contributed by atoms with Crippen LogP contribution in [0.5, 0.6) is 0 Å². The first-order chi connectivity index (χ1) is 12.4. The third-order valence-corrected chi connectivity index (χ3v) is 4.93. The third kappa shape index (κ3) is 4.17. The van der Waals surface area contributed by atoms with Gasteiger partial charge in [0.1, 0.15) is 5.82 Å². The molecule has 1 fully saturated rings. The lowest BCUT2D eigenvalue weighted by molar-refractivity contribution is 0.0624. The van der Waals surface area contributed by atoms with Gasteiger partial charge in [-0.25, -0.2) is 4.39 Å². The highest BCUT2D eigenvalue weighted by atomic mass is 19.1. The molecule has 1 aliphatic rings. The van der Waals surface area contributed by atoms with Gasteiger partial charge < -0.3 is 4.90 Å². The normalized spacial score (nSPS) is 15.1. The van der Waals surface area contributed by atoms with Crippen molar-refractivity contribution in [1.29, 1.82) is 0 Å². The summed E-state index contributed by atoms with van der Waals surface area (Å²) in [6.07, 6.45) is 0. The zero-order valence-corrected chi connectivity index (χ0v) is 15.2. The van der Waals surface area contributed by atoms with E-state index in [4.69, 9.17) is 0 Å². The van der Waals surface area contributed by atoms with Crippen molar-refractivity contribution in [3.05, 3.63) is 70.5 Å². The number of nitrogens with zero attached hydrogens (tertiary/aromatic N) is 2. The van der Waals surface area contributed by atoms with Crippen LogP contribution in [0.3, 0.4) is 0 Å². The van der Waals surface area contributed by atoms with Crippen molar-refractivity contribution in [3.8, 4) is 0 Å². The molecule has 0 unspecified atom stereocenters. The summed E-state index contributed by atoms with van der Waals surface area (Å²) in [7, 11) is 0. The van der Waals surface area contributed by atoms with Crippen molar-refractivity contribution < 1.29 is 14.0 Å². The van der Waals surface area contributed by atoms with Crippen molar-refractivity contribution in [2.75, 3.05) is 32.7 Å². The van der Waals surface area contributed by atoms with Gasteiger partial charge in [0.05, 0.1) is 6.54 Å². The Morgan fingerprint density at radius 3 is 2.31 bits per heavy atom. The number of ketones is 1. The van der Waals surface area contributed by atoms with E-state index in [1.54, 1.807) is 17.0 Å². The molecular formula is C21H23FN2O2. The highest BCUT2D eigenvalue weighted by molar-refractivity contribution is 5.98. The summed E-state index contributed by atoms with van der Waals surface area (Å²) >= 11 is 0. The zero-order chi connectivity index (χ0) is 18.7. The molecule has 0 saturated carbocycles. The van der Waals surface area contributed by atoms with Crippen LogP contribution in [0.4, 0.5) is 4.39 Å². The maximum Gasteiger partial charge on any atom is 0.254 e. The van der Waals surface area contributed by atoms with Gasteiger partial charge in [0.25, 0.3) is 5.91 Å². The lowest BCUT2D eigenvalue weighted by Gasteiger charge is -2.34. The topological polar surface area (TPSA) is 40.6 Å². The summed E-state index contributed by atoms with van der Waals surface area (Å²) in [5.41, 5.74) is 3.38. The van der Waals surface area contributed by atoms with Crippen LogP contribution < -0.4 is 0 Å². The third-order valence-electron chi connectivity index (χ3n) is 4.93. The van der Waals surface area contributed by atoms with Crippen LogP contribution in [0.2, 0.25) is 0 Å². The fraction of sp³-hybridized carbons (Fsp3) is 0.333. The summed E-state index contributed by atoms with van der Waals surface area (Å²) in [6, 6.07) is 11.5. The monoisotopic (exact) mass is 354 g/mol. The summed E-state index contributed by atoms with van der Waals surface area (Å²) < 4.78 is 13.3. The second kappa shape index (κ2) is 7.79. The Bertz CT molecular complexity index is 827. The SMILES string of the molecule is Cc1ccc(C(=O)CN2CCN(C(=O)c3cccc(F)c3)CC2)cc1C. The molecule has 0 spiro atoms. The molecule has 1 aliphatic heterocycles. The average Bonchev–Trinajstić information content (AvgIpc) is 2.64. The van der Waals surface area contributed by atoms with Gasteiger partial charge in [0.15, 0.2) is 5.78 Å². The van der Waals surface area contributed by atoms with Crippen LogP contribution in [0, 0.1) is 19.7 Å². The lowest BCUT2D eigenvalue weighted by Crippen LogP contribution is -2.49. The minimum Gasteiger partial charge on any atom is -0.336 e. The number of halogens is 1. The number of aryl methyl sites for hydroxylation is 2. The molecular weight excluding hydrogens is 331 g/mol. The predicted octanol–water partition coefficient (Wildman–Crippen LogP) is 3.08. The smallest absolute Gasteiger partial charge is 0.254 e. The number of hydrogen-bond acceptors (Lipinski definition) is 3. The summed E-state index contributed by atoms with van der Waals surface area (Å²) in [5.74, 6) is -0.476. The van der Waals surface area contributed by atoms with E-state index in [-0.39, 0.29) is 11.7 Å². The molecule has 4 nitrogen and oxygen atoms in total. The predicted molar refractivity (Wildman–Crippen MR) is 99.0 cm³/mol. The number of Topliss-reactive ketones (excluding diaryl/α,β-unsaturated/α-hetero) is 1. The molecule has 1 saturated heterocycles. The van der Waals surface area contributed by atoms with Gasteiger partial charge in [0, 0.05) is 37.3 Å². The first-order valence-electron chi connectivity index (χ1n) is 8.81. The first kappa shape index (κ1) is 18.3. The molecule has 2 aromatic rings. The zero-order valence-electron chi connectivity index (χ0n) is 15.2. The van der Waals surface area contributed by atoms with E-state index in [1.165, 1.54) is 17.7 Å². The molecule has 1 amide bonds. The van der Waals surface area contributed by atoms with E-state index >= 15 is 0 Å². The number of carbonyl (C=O) groups excluding carboxylic acids is 2. The summed E-state index contributed by atoms with van der Waals surface area (Å²) in [5, 5.41) is 0. The minimum atomic E-state index is -0.409. The fourth-order valence-electron chi connectivity index (χ4n) is 3.12. The van der Waals surface area contributed by atoms with E-state index in [9.17, 15) is 14.0 Å². The van der Waals surface area contributed by atoms with Gasteiger partial charge >= 0.3 is 0 Å². The molecule has 0 bridgehead atoms. The van der Waals surface area contributed by atoms with Gasteiger partial charge in [-0.3, -0.25) is 14.5 Å². The molecule has 0 aromatic heterocycles. The molecule has 0 atom stereocenters. The van der Waals surface area contributed by atoms with Crippen molar-refractivity contribution in [3.63, 3.8) is 0 Å². The van der Waals surface area contributed by atoms with Crippen LogP contribution in [0.15, 0.2) is 42.5 Å².